The van der Waals surface area contributed by atoms with E-state index in [4.69, 9.17) is 15.9 Å². The minimum absolute atomic E-state index is 0.0838. The number of amides is 2. The highest BCUT2D eigenvalue weighted by atomic mass is 19.2. The Morgan fingerprint density at radius 3 is 2.23 bits per heavy atom. The van der Waals surface area contributed by atoms with Gasteiger partial charge in [0.25, 0.3) is 5.91 Å². The summed E-state index contributed by atoms with van der Waals surface area (Å²) >= 11 is 0. The van der Waals surface area contributed by atoms with Gasteiger partial charge in [-0.25, -0.2) is 27.2 Å². The summed E-state index contributed by atoms with van der Waals surface area (Å²) in [5.74, 6) is -6.75. The van der Waals surface area contributed by atoms with Crippen LogP contribution in [0, 0.1) is 29.2 Å². The SMILES string of the molecule is N[C@@H](CC(=O)N1CC[C@H]2CN(C(=O)c3cccc(F)c3)C[C@H]21)Cc1cc(F)c(F)cc1F.O=C(O)C=CC(=O)O. The van der Waals surface area contributed by atoms with Crippen LogP contribution < -0.4 is 5.73 Å². The monoisotopic (exact) mass is 565 g/mol. The zero-order valence-corrected chi connectivity index (χ0v) is 21.1. The second kappa shape index (κ2) is 13.2. The molecule has 0 spiro atoms. The van der Waals surface area contributed by atoms with E-state index in [0.717, 1.165) is 12.5 Å². The molecule has 0 aliphatic carbocycles. The van der Waals surface area contributed by atoms with Crippen LogP contribution in [0.3, 0.4) is 0 Å². The first-order chi connectivity index (χ1) is 18.8. The fourth-order valence-electron chi connectivity index (χ4n) is 4.80. The van der Waals surface area contributed by atoms with Gasteiger partial charge >= 0.3 is 11.9 Å². The number of carbonyl (C=O) groups is 4. The van der Waals surface area contributed by atoms with Gasteiger partial charge in [0, 0.05) is 61.8 Å². The molecule has 4 rings (SSSR count). The Hall–Kier alpha value is -4.26. The number of fused-ring (bicyclic) bond motifs is 1. The molecule has 4 N–H and O–H groups in total. The van der Waals surface area contributed by atoms with Gasteiger partial charge in [-0.05, 0) is 42.7 Å². The lowest BCUT2D eigenvalue weighted by atomic mass is 10.0. The van der Waals surface area contributed by atoms with E-state index in [9.17, 15) is 36.7 Å². The number of rotatable bonds is 7. The number of halogens is 4. The van der Waals surface area contributed by atoms with Gasteiger partial charge in [-0.2, -0.15) is 0 Å². The van der Waals surface area contributed by atoms with E-state index in [1.165, 1.54) is 18.2 Å². The smallest absolute Gasteiger partial charge is 0.328 e. The van der Waals surface area contributed by atoms with Crippen LogP contribution in [0.1, 0.15) is 28.8 Å². The lowest BCUT2D eigenvalue weighted by molar-refractivity contribution is -0.134. The number of carboxylic acid groups (broad SMARTS) is 2. The van der Waals surface area contributed by atoms with E-state index < -0.39 is 41.2 Å². The number of carboxylic acids is 2. The van der Waals surface area contributed by atoms with Gasteiger partial charge in [0.1, 0.15) is 11.6 Å². The lowest BCUT2D eigenvalue weighted by Gasteiger charge is -2.26. The number of nitrogens with two attached hydrogens (primary N) is 1. The number of benzene rings is 2. The highest BCUT2D eigenvalue weighted by Gasteiger charge is 2.44. The van der Waals surface area contributed by atoms with E-state index in [-0.39, 0.29) is 47.7 Å². The van der Waals surface area contributed by atoms with Crippen molar-refractivity contribution in [1.29, 1.82) is 0 Å². The van der Waals surface area contributed by atoms with Crippen molar-refractivity contribution in [1.82, 2.24) is 9.80 Å². The van der Waals surface area contributed by atoms with Crippen molar-refractivity contribution in [3.63, 3.8) is 0 Å². The average Bonchev–Trinajstić information content (AvgIpc) is 3.47. The van der Waals surface area contributed by atoms with Gasteiger partial charge in [-0.3, -0.25) is 9.59 Å². The highest BCUT2D eigenvalue weighted by molar-refractivity contribution is 5.94. The minimum Gasteiger partial charge on any atom is -0.478 e. The fraction of sp³-hybridized carbons (Fsp3) is 0.333. The molecule has 40 heavy (non-hydrogen) atoms. The number of nitrogens with zero attached hydrogens (tertiary/aromatic N) is 2. The fourth-order valence-corrected chi connectivity index (χ4v) is 4.80. The third-order valence-electron chi connectivity index (χ3n) is 6.60. The molecule has 13 heteroatoms. The van der Waals surface area contributed by atoms with Crippen molar-refractivity contribution >= 4 is 23.8 Å². The highest BCUT2D eigenvalue weighted by Crippen LogP contribution is 2.33. The van der Waals surface area contributed by atoms with Crippen molar-refractivity contribution in [3.05, 3.63) is 82.9 Å². The predicted molar refractivity (Wildman–Crippen MR) is 133 cm³/mol. The molecule has 9 nitrogen and oxygen atoms in total. The predicted octanol–water partition coefficient (Wildman–Crippen LogP) is 2.59. The van der Waals surface area contributed by atoms with Crippen LogP contribution in [0.15, 0.2) is 48.6 Å². The van der Waals surface area contributed by atoms with Crippen LogP contribution in [0.2, 0.25) is 0 Å². The van der Waals surface area contributed by atoms with Gasteiger partial charge in [-0.1, -0.05) is 6.07 Å². The Bertz CT molecular complexity index is 1310. The van der Waals surface area contributed by atoms with E-state index in [2.05, 4.69) is 0 Å². The topological polar surface area (TPSA) is 141 Å². The van der Waals surface area contributed by atoms with Crippen molar-refractivity contribution in [2.24, 2.45) is 11.7 Å². The van der Waals surface area contributed by atoms with Gasteiger partial charge in [0.15, 0.2) is 11.6 Å². The number of aliphatic carboxylic acids is 2. The molecule has 2 aliphatic rings. The molecule has 0 unspecified atom stereocenters. The second-order valence-electron chi connectivity index (χ2n) is 9.46. The molecular weight excluding hydrogens is 538 g/mol. The molecule has 0 bridgehead atoms. The van der Waals surface area contributed by atoms with Gasteiger partial charge in [0.2, 0.25) is 5.91 Å². The van der Waals surface area contributed by atoms with Crippen LogP contribution in [0.4, 0.5) is 17.6 Å². The van der Waals surface area contributed by atoms with Crippen molar-refractivity contribution in [2.75, 3.05) is 19.6 Å². The number of likely N-dealkylation sites (tertiary alicyclic amines) is 2. The molecule has 214 valence electrons. The summed E-state index contributed by atoms with van der Waals surface area (Å²) in [6.07, 6.45) is 1.65. The third kappa shape index (κ3) is 7.88. The first-order valence-corrected chi connectivity index (χ1v) is 12.2. The van der Waals surface area contributed by atoms with Gasteiger partial charge in [0.05, 0.1) is 6.04 Å². The normalized spacial score (nSPS) is 18.7. The summed E-state index contributed by atoms with van der Waals surface area (Å²) < 4.78 is 53.8. The molecule has 3 atom stereocenters. The lowest BCUT2D eigenvalue weighted by Crippen LogP contribution is -2.43. The van der Waals surface area contributed by atoms with Crippen LogP contribution in [0.25, 0.3) is 0 Å². The summed E-state index contributed by atoms with van der Waals surface area (Å²) in [6, 6.07) is 5.78. The molecule has 2 amide bonds. The Labute approximate surface area is 226 Å². The van der Waals surface area contributed by atoms with Crippen LogP contribution in [0.5, 0.6) is 0 Å². The molecule has 0 saturated carbocycles. The molecular formula is C27H27F4N3O6. The second-order valence-corrected chi connectivity index (χ2v) is 9.46. The zero-order chi connectivity index (χ0) is 29.6. The number of carbonyl (C=O) groups excluding carboxylic acids is 2. The van der Waals surface area contributed by atoms with E-state index in [0.29, 0.717) is 37.9 Å². The summed E-state index contributed by atoms with van der Waals surface area (Å²) in [5, 5.41) is 15.6. The maximum absolute atomic E-state index is 13.9. The molecule has 2 saturated heterocycles. The van der Waals surface area contributed by atoms with Crippen molar-refractivity contribution < 1.29 is 47.0 Å². The largest absolute Gasteiger partial charge is 0.478 e. The standard InChI is InChI=1S/C23H23F4N3O2.C4H4O4/c24-16-3-1-2-13(6-16)23(32)29-11-14-4-5-30(21(14)12-29)22(31)9-17(28)7-15-8-19(26)20(27)10-18(15)25;5-3(6)1-2-4(7)8/h1-3,6,8,10,14,17,21H,4-5,7,9,11-12,28H2;1-2H,(H,5,6)(H,7,8)/t14-,17+,21+;/m0./s1. The first kappa shape index (κ1) is 30.3. The zero-order valence-electron chi connectivity index (χ0n) is 21.1. The van der Waals surface area contributed by atoms with Gasteiger partial charge in [-0.15, -0.1) is 0 Å². The minimum atomic E-state index is -1.28. The third-order valence-corrected chi connectivity index (χ3v) is 6.60. The molecule has 2 heterocycles. The summed E-state index contributed by atoms with van der Waals surface area (Å²) in [4.78, 5) is 48.0. The number of hydrogen-bond acceptors (Lipinski definition) is 5. The molecule has 2 aliphatic heterocycles. The van der Waals surface area contributed by atoms with Crippen LogP contribution >= 0.6 is 0 Å². The van der Waals surface area contributed by atoms with E-state index in [1.807, 2.05) is 0 Å². The molecule has 2 fully saturated rings. The Morgan fingerprint density at radius 2 is 1.60 bits per heavy atom. The van der Waals surface area contributed by atoms with Crippen molar-refractivity contribution in [3.8, 4) is 0 Å². The Kier molecular flexibility index (Phi) is 9.99. The van der Waals surface area contributed by atoms with Gasteiger partial charge < -0.3 is 25.7 Å². The molecule has 0 aromatic heterocycles. The van der Waals surface area contributed by atoms with Crippen molar-refractivity contribution in [2.45, 2.75) is 31.3 Å². The maximum atomic E-state index is 13.9. The number of hydrogen-bond donors (Lipinski definition) is 3. The summed E-state index contributed by atoms with van der Waals surface area (Å²) in [5.41, 5.74) is 6.18. The average molecular weight is 566 g/mol. The van der Waals surface area contributed by atoms with E-state index in [1.54, 1.807) is 15.9 Å². The maximum Gasteiger partial charge on any atom is 0.328 e. The summed E-state index contributed by atoms with van der Waals surface area (Å²) in [6.45, 7) is 1.36. The van der Waals surface area contributed by atoms with E-state index >= 15 is 0 Å². The first-order valence-electron chi connectivity index (χ1n) is 12.2. The molecule has 2 aromatic rings. The van der Waals surface area contributed by atoms with Crippen LogP contribution in [-0.2, 0) is 20.8 Å². The molecule has 0 radical (unpaired) electrons. The van der Waals surface area contributed by atoms with Crippen LogP contribution in [-0.4, -0.2) is 75.5 Å². The quantitative estimate of drug-likeness (QED) is 0.266. The Balaban J connectivity index is 0.000000482. The molecule has 2 aromatic carbocycles. The summed E-state index contributed by atoms with van der Waals surface area (Å²) in [7, 11) is 0. The Morgan fingerprint density at radius 1 is 0.950 bits per heavy atom.